The summed E-state index contributed by atoms with van der Waals surface area (Å²) in [7, 11) is 0. The monoisotopic (exact) mass is 321 g/mol. The molecule has 0 saturated carbocycles. The Bertz CT molecular complexity index is 584. The van der Waals surface area contributed by atoms with Crippen molar-refractivity contribution in [1.82, 2.24) is 0 Å². The topological polar surface area (TPSA) is 58.6 Å². The molecule has 2 N–H and O–H groups in total. The van der Waals surface area contributed by atoms with E-state index in [2.05, 4.69) is 26.1 Å². The number of hydrogen-bond acceptors (Lipinski definition) is 3. The molecule has 0 aliphatic rings. The fourth-order valence-corrected chi connectivity index (χ4v) is 2.15. The van der Waals surface area contributed by atoms with Crippen LogP contribution in [0.4, 0.5) is 10.5 Å². The van der Waals surface area contributed by atoms with Gasteiger partial charge in [0, 0.05) is 5.56 Å². The molecule has 0 radical (unpaired) electrons. The van der Waals surface area contributed by atoms with Gasteiger partial charge in [-0.05, 0) is 43.2 Å². The zero-order chi connectivity index (χ0) is 18.2. The summed E-state index contributed by atoms with van der Waals surface area (Å²) in [5.74, 6) is 0.0939. The maximum Gasteiger partial charge on any atom is 0.412 e. The number of carbonyl (C=O) groups excluding carboxylic acids is 1. The molecule has 0 aliphatic carbocycles. The Kier molecular flexibility index (Phi) is 5.10. The molecule has 1 aromatic carbocycles. The summed E-state index contributed by atoms with van der Waals surface area (Å²) < 4.78 is 5.29. The molecule has 4 heteroatoms. The number of hydrogen-bond donors (Lipinski definition) is 2. The molecular weight excluding hydrogens is 290 g/mol. The molecule has 0 aromatic heterocycles. The van der Waals surface area contributed by atoms with Gasteiger partial charge in [0.15, 0.2) is 0 Å². The number of phenols is 1. The van der Waals surface area contributed by atoms with Gasteiger partial charge in [0.05, 0.1) is 5.69 Å². The van der Waals surface area contributed by atoms with Crippen molar-refractivity contribution in [2.75, 3.05) is 5.32 Å². The predicted molar refractivity (Wildman–Crippen MR) is 95.4 cm³/mol. The summed E-state index contributed by atoms with van der Waals surface area (Å²) in [6.07, 6.45) is -0.571. The average Bonchev–Trinajstić information content (AvgIpc) is 2.25. The Morgan fingerprint density at radius 3 is 1.87 bits per heavy atom. The van der Waals surface area contributed by atoms with Crippen LogP contribution < -0.4 is 5.32 Å². The molecule has 0 fully saturated rings. The van der Waals surface area contributed by atoms with E-state index >= 15 is 0 Å². The first-order chi connectivity index (χ1) is 10.1. The van der Waals surface area contributed by atoms with Gasteiger partial charge in [-0.2, -0.15) is 0 Å². The van der Waals surface area contributed by atoms with Crippen molar-refractivity contribution in [2.24, 2.45) is 0 Å². The van der Waals surface area contributed by atoms with Crippen LogP contribution in [0.3, 0.4) is 0 Å². The molecule has 0 aliphatic heterocycles. The number of rotatable bonds is 1. The van der Waals surface area contributed by atoms with Gasteiger partial charge in [-0.15, -0.1) is 0 Å². The first-order valence-corrected chi connectivity index (χ1v) is 7.99. The molecule has 130 valence electrons. The van der Waals surface area contributed by atoms with Gasteiger partial charge >= 0.3 is 6.09 Å². The smallest absolute Gasteiger partial charge is 0.412 e. The molecule has 4 nitrogen and oxygen atoms in total. The van der Waals surface area contributed by atoms with Crippen LogP contribution in [-0.4, -0.2) is 16.8 Å². The van der Waals surface area contributed by atoms with Crippen molar-refractivity contribution in [3.63, 3.8) is 0 Å². The molecule has 0 heterocycles. The molecule has 0 bridgehead atoms. The number of aromatic hydroxyl groups is 1. The molecular formula is C19H31NO3. The fraction of sp³-hybridized carbons (Fsp3) is 0.632. The quantitative estimate of drug-likeness (QED) is 0.687. The molecule has 23 heavy (non-hydrogen) atoms. The van der Waals surface area contributed by atoms with E-state index in [0.717, 1.165) is 11.1 Å². The SMILES string of the molecule is CC(C)(C)OC(=O)Nc1cc(C(C)(C)C)cc(C(C)(C)C)c1O. The van der Waals surface area contributed by atoms with Crippen LogP contribution in [-0.2, 0) is 15.6 Å². The van der Waals surface area contributed by atoms with E-state index in [0.29, 0.717) is 5.69 Å². The summed E-state index contributed by atoms with van der Waals surface area (Å²) in [6, 6.07) is 3.82. The minimum atomic E-state index is -0.589. The Hall–Kier alpha value is -1.71. The van der Waals surface area contributed by atoms with Crippen LogP contribution in [0.2, 0.25) is 0 Å². The summed E-state index contributed by atoms with van der Waals surface area (Å²) in [5.41, 5.74) is 1.31. The highest BCUT2D eigenvalue weighted by Gasteiger charge is 2.26. The van der Waals surface area contributed by atoms with Crippen LogP contribution in [0.5, 0.6) is 5.75 Å². The summed E-state index contributed by atoms with van der Waals surface area (Å²) >= 11 is 0. The van der Waals surface area contributed by atoms with E-state index in [9.17, 15) is 9.90 Å². The lowest BCUT2D eigenvalue weighted by Crippen LogP contribution is -2.27. The highest BCUT2D eigenvalue weighted by Crippen LogP contribution is 2.40. The second-order valence-corrected chi connectivity index (χ2v) is 9.05. The minimum absolute atomic E-state index is 0.0939. The van der Waals surface area contributed by atoms with Gasteiger partial charge in [0.2, 0.25) is 0 Å². The molecule has 1 aromatic rings. The van der Waals surface area contributed by atoms with E-state index in [4.69, 9.17) is 4.74 Å². The zero-order valence-corrected chi connectivity index (χ0v) is 15.9. The van der Waals surface area contributed by atoms with Crippen molar-refractivity contribution >= 4 is 11.8 Å². The molecule has 0 saturated heterocycles. The lowest BCUT2D eigenvalue weighted by molar-refractivity contribution is 0.0635. The van der Waals surface area contributed by atoms with Crippen LogP contribution in [0, 0.1) is 0 Å². The fourth-order valence-electron chi connectivity index (χ4n) is 2.15. The third-order valence-corrected chi connectivity index (χ3v) is 3.42. The van der Waals surface area contributed by atoms with Crippen molar-refractivity contribution in [1.29, 1.82) is 0 Å². The first-order valence-electron chi connectivity index (χ1n) is 7.99. The number of nitrogens with one attached hydrogen (secondary N) is 1. The molecule has 0 spiro atoms. The molecule has 0 unspecified atom stereocenters. The number of carbonyl (C=O) groups is 1. The van der Waals surface area contributed by atoms with Gasteiger partial charge in [0.1, 0.15) is 11.4 Å². The minimum Gasteiger partial charge on any atom is -0.505 e. The Morgan fingerprint density at radius 1 is 0.957 bits per heavy atom. The summed E-state index contributed by atoms with van der Waals surface area (Å²) in [5, 5.41) is 13.3. The highest BCUT2D eigenvalue weighted by atomic mass is 16.6. The molecule has 0 atom stereocenters. The third kappa shape index (κ3) is 5.45. The van der Waals surface area contributed by atoms with Crippen LogP contribution >= 0.6 is 0 Å². The Labute approximate surface area is 140 Å². The van der Waals surface area contributed by atoms with Crippen molar-refractivity contribution < 1.29 is 14.6 Å². The largest absolute Gasteiger partial charge is 0.505 e. The number of phenolic OH excluding ortho intramolecular Hbond substituents is 1. The summed E-state index contributed by atoms with van der Waals surface area (Å²) in [4.78, 5) is 12.1. The highest BCUT2D eigenvalue weighted by molar-refractivity contribution is 5.87. The lowest BCUT2D eigenvalue weighted by atomic mass is 9.79. The Morgan fingerprint density at radius 2 is 1.48 bits per heavy atom. The zero-order valence-electron chi connectivity index (χ0n) is 15.9. The predicted octanol–water partition coefficient (Wildman–Crippen LogP) is 5.33. The van der Waals surface area contributed by atoms with E-state index in [-0.39, 0.29) is 16.6 Å². The van der Waals surface area contributed by atoms with Crippen molar-refractivity contribution in [3.8, 4) is 5.75 Å². The van der Waals surface area contributed by atoms with Gasteiger partial charge in [-0.25, -0.2) is 4.79 Å². The van der Waals surface area contributed by atoms with Crippen LogP contribution in [0.1, 0.15) is 73.4 Å². The van der Waals surface area contributed by atoms with Crippen LogP contribution in [0.15, 0.2) is 12.1 Å². The third-order valence-electron chi connectivity index (χ3n) is 3.42. The first kappa shape index (κ1) is 19.3. The number of benzene rings is 1. The second kappa shape index (κ2) is 6.06. The van der Waals surface area contributed by atoms with E-state index in [1.807, 2.05) is 32.9 Å². The van der Waals surface area contributed by atoms with Gasteiger partial charge in [-0.1, -0.05) is 47.6 Å². The number of amides is 1. The van der Waals surface area contributed by atoms with Gasteiger partial charge in [0.25, 0.3) is 0 Å². The lowest BCUT2D eigenvalue weighted by Gasteiger charge is -2.28. The van der Waals surface area contributed by atoms with E-state index in [1.54, 1.807) is 20.8 Å². The maximum atomic E-state index is 12.1. The number of anilines is 1. The number of ether oxygens (including phenoxy) is 1. The van der Waals surface area contributed by atoms with Gasteiger partial charge < -0.3 is 9.84 Å². The normalized spacial score (nSPS) is 12.9. The second-order valence-electron chi connectivity index (χ2n) is 9.05. The standard InChI is InChI=1S/C19H31NO3/c1-17(2,3)12-10-13(18(4,5)6)15(21)14(11-12)20-16(22)23-19(7,8)9/h10-11,21H,1-9H3,(H,20,22). The van der Waals surface area contributed by atoms with Crippen LogP contribution in [0.25, 0.3) is 0 Å². The van der Waals surface area contributed by atoms with Gasteiger partial charge in [-0.3, -0.25) is 5.32 Å². The maximum absolute atomic E-state index is 12.1. The van der Waals surface area contributed by atoms with E-state index < -0.39 is 11.7 Å². The summed E-state index contributed by atoms with van der Waals surface area (Å²) in [6.45, 7) is 17.8. The van der Waals surface area contributed by atoms with Crippen molar-refractivity contribution in [2.45, 2.75) is 78.7 Å². The molecule has 1 amide bonds. The van der Waals surface area contributed by atoms with Crippen molar-refractivity contribution in [3.05, 3.63) is 23.3 Å². The van der Waals surface area contributed by atoms with E-state index in [1.165, 1.54) is 0 Å². The Balaban J connectivity index is 3.33. The average molecular weight is 321 g/mol. The molecule has 1 rings (SSSR count).